The first kappa shape index (κ1) is 11.7. The number of rotatable bonds is 4. The van der Waals surface area contributed by atoms with E-state index in [1.54, 1.807) is 0 Å². The summed E-state index contributed by atoms with van der Waals surface area (Å²) in [7, 11) is 0. The molecule has 0 radical (unpaired) electrons. The third-order valence-corrected chi connectivity index (χ3v) is 3.45. The molecule has 0 N–H and O–H groups in total. The summed E-state index contributed by atoms with van der Waals surface area (Å²) < 4.78 is 0. The van der Waals surface area contributed by atoms with Crippen LogP contribution in [0.5, 0.6) is 0 Å². The Balaban J connectivity index is 2.45. The van der Waals surface area contributed by atoms with E-state index in [9.17, 15) is 4.79 Å². The largest absolute Gasteiger partial charge is 0.298 e. The predicted molar refractivity (Wildman–Crippen MR) is 59.3 cm³/mol. The molecule has 14 heavy (non-hydrogen) atoms. The van der Waals surface area contributed by atoms with Crippen LogP contribution in [0.15, 0.2) is 0 Å². The Morgan fingerprint density at radius 3 is 2.29 bits per heavy atom. The Labute approximate surface area is 87.7 Å². The van der Waals surface area contributed by atoms with Crippen LogP contribution in [0.3, 0.4) is 0 Å². The zero-order chi connectivity index (χ0) is 10.6. The monoisotopic (exact) mass is 197 g/mol. The lowest BCUT2D eigenvalue weighted by Gasteiger charge is -2.32. The lowest BCUT2D eigenvalue weighted by molar-refractivity contribution is -0.127. The van der Waals surface area contributed by atoms with Gasteiger partial charge >= 0.3 is 0 Å². The molecule has 0 aromatic carbocycles. The second-order valence-corrected chi connectivity index (χ2v) is 4.48. The Bertz CT molecular complexity index is 185. The molecule has 2 nitrogen and oxygen atoms in total. The molecular formula is C12H23NO. The van der Waals surface area contributed by atoms with Crippen molar-refractivity contribution in [3.8, 4) is 0 Å². The summed E-state index contributed by atoms with van der Waals surface area (Å²) in [5.74, 6) is 0.654. The second kappa shape index (κ2) is 5.50. The molecule has 0 amide bonds. The zero-order valence-electron chi connectivity index (χ0n) is 9.75. The summed E-state index contributed by atoms with van der Waals surface area (Å²) in [6.07, 6.45) is 4.83. The van der Waals surface area contributed by atoms with Gasteiger partial charge in [-0.05, 0) is 39.3 Å². The summed E-state index contributed by atoms with van der Waals surface area (Å²) in [6.45, 7) is 8.43. The standard InChI is InChI=1S/C12H23NO/c1-4-10(2)12(14)11(3)13-8-6-5-7-9-13/h10-11H,4-9H2,1-3H3. The molecule has 1 fully saturated rings. The summed E-state index contributed by atoms with van der Waals surface area (Å²) >= 11 is 0. The van der Waals surface area contributed by atoms with E-state index >= 15 is 0 Å². The number of Topliss-reactive ketones (excluding diaryl/α,β-unsaturated/α-hetero) is 1. The van der Waals surface area contributed by atoms with Gasteiger partial charge in [-0.3, -0.25) is 9.69 Å². The molecule has 0 aliphatic carbocycles. The van der Waals surface area contributed by atoms with Crippen LogP contribution in [0, 0.1) is 5.92 Å². The minimum atomic E-state index is 0.144. The first-order chi connectivity index (χ1) is 6.66. The smallest absolute Gasteiger partial charge is 0.152 e. The van der Waals surface area contributed by atoms with Crippen molar-refractivity contribution in [1.82, 2.24) is 4.90 Å². The number of piperidine rings is 1. The average Bonchev–Trinajstić information content (AvgIpc) is 2.27. The highest BCUT2D eigenvalue weighted by atomic mass is 16.1. The molecule has 0 saturated carbocycles. The average molecular weight is 197 g/mol. The topological polar surface area (TPSA) is 20.3 Å². The van der Waals surface area contributed by atoms with Crippen molar-refractivity contribution < 1.29 is 4.79 Å². The zero-order valence-corrected chi connectivity index (χ0v) is 9.75. The van der Waals surface area contributed by atoms with Crippen LogP contribution in [-0.4, -0.2) is 29.8 Å². The van der Waals surface area contributed by atoms with Crippen molar-refractivity contribution in [3.63, 3.8) is 0 Å². The van der Waals surface area contributed by atoms with Gasteiger partial charge in [-0.25, -0.2) is 0 Å². The van der Waals surface area contributed by atoms with E-state index < -0.39 is 0 Å². The van der Waals surface area contributed by atoms with Crippen LogP contribution in [0.2, 0.25) is 0 Å². The van der Waals surface area contributed by atoms with Crippen molar-refractivity contribution in [2.75, 3.05) is 13.1 Å². The van der Waals surface area contributed by atoms with Gasteiger partial charge in [0.05, 0.1) is 6.04 Å². The van der Waals surface area contributed by atoms with Gasteiger partial charge in [0.25, 0.3) is 0 Å². The fourth-order valence-corrected chi connectivity index (χ4v) is 2.10. The summed E-state index contributed by atoms with van der Waals surface area (Å²) in [5.41, 5.74) is 0. The van der Waals surface area contributed by atoms with Crippen LogP contribution in [0.4, 0.5) is 0 Å². The molecule has 0 aromatic heterocycles. The van der Waals surface area contributed by atoms with Gasteiger partial charge in [0.15, 0.2) is 5.78 Å². The molecule has 2 heteroatoms. The molecule has 2 unspecified atom stereocenters. The van der Waals surface area contributed by atoms with Gasteiger partial charge in [-0.2, -0.15) is 0 Å². The third kappa shape index (κ3) is 2.81. The Hall–Kier alpha value is -0.370. The van der Waals surface area contributed by atoms with Crippen molar-refractivity contribution in [3.05, 3.63) is 0 Å². The highest BCUT2D eigenvalue weighted by molar-refractivity contribution is 5.85. The second-order valence-electron chi connectivity index (χ2n) is 4.48. The highest BCUT2D eigenvalue weighted by Crippen LogP contribution is 2.16. The maximum atomic E-state index is 11.9. The fraction of sp³-hybridized carbons (Fsp3) is 0.917. The Morgan fingerprint density at radius 1 is 1.21 bits per heavy atom. The molecule has 0 spiro atoms. The van der Waals surface area contributed by atoms with E-state index in [2.05, 4.69) is 18.7 Å². The van der Waals surface area contributed by atoms with Crippen LogP contribution in [0.1, 0.15) is 46.5 Å². The van der Waals surface area contributed by atoms with Crippen molar-refractivity contribution in [2.24, 2.45) is 5.92 Å². The molecule has 0 bridgehead atoms. The maximum absolute atomic E-state index is 11.9. The van der Waals surface area contributed by atoms with Gasteiger partial charge in [0, 0.05) is 5.92 Å². The number of hydrogen-bond donors (Lipinski definition) is 0. The molecular weight excluding hydrogens is 174 g/mol. The summed E-state index contributed by atoms with van der Waals surface area (Å²) in [4.78, 5) is 14.3. The number of likely N-dealkylation sites (tertiary alicyclic amines) is 1. The first-order valence-corrected chi connectivity index (χ1v) is 5.94. The maximum Gasteiger partial charge on any atom is 0.152 e. The van der Waals surface area contributed by atoms with Crippen LogP contribution < -0.4 is 0 Å². The van der Waals surface area contributed by atoms with Crippen molar-refractivity contribution in [1.29, 1.82) is 0 Å². The number of carbonyl (C=O) groups excluding carboxylic acids is 1. The molecule has 1 heterocycles. The number of carbonyl (C=O) groups is 1. The van der Waals surface area contributed by atoms with E-state index in [1.807, 2.05) is 6.92 Å². The molecule has 2 atom stereocenters. The summed E-state index contributed by atoms with van der Waals surface area (Å²) in [5, 5.41) is 0. The normalized spacial score (nSPS) is 23.1. The molecule has 1 saturated heterocycles. The molecule has 1 aliphatic rings. The quantitative estimate of drug-likeness (QED) is 0.690. The van der Waals surface area contributed by atoms with Gasteiger partial charge in [-0.1, -0.05) is 20.3 Å². The van der Waals surface area contributed by atoms with Crippen LogP contribution in [0.25, 0.3) is 0 Å². The molecule has 1 rings (SSSR count). The Morgan fingerprint density at radius 2 is 1.79 bits per heavy atom. The summed E-state index contributed by atoms with van der Waals surface area (Å²) in [6, 6.07) is 0.144. The van der Waals surface area contributed by atoms with Gasteiger partial charge in [0.2, 0.25) is 0 Å². The van der Waals surface area contributed by atoms with E-state index in [4.69, 9.17) is 0 Å². The van der Waals surface area contributed by atoms with E-state index in [1.165, 1.54) is 19.3 Å². The third-order valence-electron chi connectivity index (χ3n) is 3.45. The minimum Gasteiger partial charge on any atom is -0.298 e. The van der Waals surface area contributed by atoms with Crippen molar-refractivity contribution in [2.45, 2.75) is 52.5 Å². The lowest BCUT2D eigenvalue weighted by Crippen LogP contribution is -2.43. The Kier molecular flexibility index (Phi) is 4.59. The molecule has 1 aliphatic heterocycles. The fourth-order valence-electron chi connectivity index (χ4n) is 2.10. The highest BCUT2D eigenvalue weighted by Gasteiger charge is 2.25. The lowest BCUT2D eigenvalue weighted by atomic mass is 9.96. The van der Waals surface area contributed by atoms with E-state index in [0.29, 0.717) is 5.78 Å². The van der Waals surface area contributed by atoms with Crippen LogP contribution in [-0.2, 0) is 4.79 Å². The van der Waals surface area contributed by atoms with Gasteiger partial charge in [0.1, 0.15) is 0 Å². The van der Waals surface area contributed by atoms with E-state index in [-0.39, 0.29) is 12.0 Å². The SMILES string of the molecule is CCC(C)C(=O)C(C)N1CCCCC1. The number of nitrogens with zero attached hydrogens (tertiary/aromatic N) is 1. The van der Waals surface area contributed by atoms with Crippen molar-refractivity contribution >= 4 is 5.78 Å². The number of ketones is 1. The van der Waals surface area contributed by atoms with E-state index in [0.717, 1.165) is 19.5 Å². The number of hydrogen-bond acceptors (Lipinski definition) is 2. The minimum absolute atomic E-state index is 0.144. The predicted octanol–water partition coefficient (Wildman–Crippen LogP) is 2.48. The molecule has 82 valence electrons. The first-order valence-electron chi connectivity index (χ1n) is 5.94. The molecule has 0 aromatic rings. The van der Waals surface area contributed by atoms with Gasteiger partial charge < -0.3 is 0 Å². The van der Waals surface area contributed by atoms with Crippen LogP contribution >= 0.6 is 0 Å². The van der Waals surface area contributed by atoms with Gasteiger partial charge in [-0.15, -0.1) is 0 Å².